The molecule has 0 radical (unpaired) electrons. The maximum atomic E-state index is 12.6. The van der Waals surface area contributed by atoms with Gasteiger partial charge < -0.3 is 35.0 Å². The number of Topliss-reactive ketones (excluding diaryl/α,β-unsaturated/α-hetero) is 1. The number of aliphatic hydroxyl groups excluding tert-OH is 5. The lowest BCUT2D eigenvalue weighted by Gasteiger charge is -2.46. The Labute approximate surface area is 200 Å². The van der Waals surface area contributed by atoms with Crippen LogP contribution in [-0.2, 0) is 9.47 Å². The Balaban J connectivity index is 1.82. The summed E-state index contributed by atoms with van der Waals surface area (Å²) < 4.78 is 11.3. The van der Waals surface area contributed by atoms with Gasteiger partial charge in [0.05, 0.1) is 30.5 Å². The van der Waals surface area contributed by atoms with E-state index in [1.54, 1.807) is 30.3 Å². The summed E-state index contributed by atoms with van der Waals surface area (Å²) in [5.74, 6) is -1.03. The highest BCUT2D eigenvalue weighted by atomic mass is 16.7. The van der Waals surface area contributed by atoms with Crippen molar-refractivity contribution >= 4 is 5.78 Å². The highest BCUT2D eigenvalue weighted by Crippen LogP contribution is 2.36. The molecule has 14 nitrogen and oxygen atoms in total. The van der Waals surface area contributed by atoms with Crippen molar-refractivity contribution in [3.8, 4) is 0 Å². The van der Waals surface area contributed by atoms with Gasteiger partial charge in [-0.05, 0) is 30.3 Å². The van der Waals surface area contributed by atoms with Crippen LogP contribution in [0.3, 0.4) is 0 Å². The van der Waals surface area contributed by atoms with Crippen LogP contribution in [0.4, 0.5) is 0 Å². The van der Waals surface area contributed by atoms with Crippen molar-refractivity contribution in [1.82, 2.24) is 0 Å². The maximum absolute atomic E-state index is 12.6. The normalized spacial score (nSPS) is 38.0. The minimum absolute atomic E-state index is 0.0184. The number of benzene rings is 1. The maximum Gasteiger partial charge on any atom is 0.169 e. The summed E-state index contributed by atoms with van der Waals surface area (Å²) in [6, 6.07) is 5.86. The second kappa shape index (κ2) is 11.8. The zero-order valence-electron chi connectivity index (χ0n) is 18.8. The monoisotopic (exact) mass is 492 g/mol. The van der Waals surface area contributed by atoms with Crippen molar-refractivity contribution in [3.05, 3.63) is 56.8 Å². The highest BCUT2D eigenvalue weighted by molar-refractivity contribution is 5.96. The molecule has 1 saturated heterocycles. The molecule has 11 atom stereocenters. The van der Waals surface area contributed by atoms with Crippen molar-refractivity contribution in [3.63, 3.8) is 0 Å². The Hall–Kier alpha value is -2.77. The van der Waals surface area contributed by atoms with E-state index in [1.165, 1.54) is 6.92 Å². The molecular formula is C21H28N6O8. The van der Waals surface area contributed by atoms with Crippen molar-refractivity contribution in [2.45, 2.75) is 80.9 Å². The zero-order valence-corrected chi connectivity index (χ0v) is 18.8. The molecule has 1 aromatic rings. The second-order valence-electron chi connectivity index (χ2n) is 8.73. The lowest BCUT2D eigenvalue weighted by atomic mass is 9.76. The molecule has 4 unspecified atom stereocenters. The molecule has 5 N–H and O–H groups in total. The summed E-state index contributed by atoms with van der Waals surface area (Å²) in [4.78, 5) is 18.0. The van der Waals surface area contributed by atoms with Crippen molar-refractivity contribution in [2.75, 3.05) is 0 Å². The minimum Gasteiger partial charge on any atom is -0.391 e. The molecule has 1 aliphatic carbocycles. The molecule has 1 aromatic carbocycles. The molecular weight excluding hydrogens is 464 g/mol. The summed E-state index contributed by atoms with van der Waals surface area (Å²) in [6.45, 7) is 1.31. The van der Waals surface area contributed by atoms with E-state index < -0.39 is 67.0 Å². The number of ketones is 1. The van der Waals surface area contributed by atoms with Crippen LogP contribution < -0.4 is 0 Å². The lowest BCUT2D eigenvalue weighted by Crippen LogP contribution is -2.63. The summed E-state index contributed by atoms with van der Waals surface area (Å²) in [7, 11) is 0. The first-order chi connectivity index (χ1) is 16.7. The molecule has 1 aliphatic heterocycles. The lowest BCUT2D eigenvalue weighted by molar-refractivity contribution is -0.302. The van der Waals surface area contributed by atoms with Gasteiger partial charge in [0.2, 0.25) is 0 Å². The van der Waals surface area contributed by atoms with Crippen LogP contribution in [0.5, 0.6) is 0 Å². The molecule has 14 heteroatoms. The number of carbonyl (C=O) groups excluding carboxylic acids is 1. The predicted molar refractivity (Wildman–Crippen MR) is 119 cm³/mol. The van der Waals surface area contributed by atoms with Crippen LogP contribution in [0.25, 0.3) is 20.9 Å². The number of azide groups is 2. The van der Waals surface area contributed by atoms with Crippen LogP contribution >= 0.6 is 0 Å². The average molecular weight is 492 g/mol. The molecule has 0 bridgehead atoms. The number of hydrogen-bond acceptors (Lipinski definition) is 10. The van der Waals surface area contributed by atoms with E-state index in [2.05, 4.69) is 20.1 Å². The second-order valence-corrected chi connectivity index (χ2v) is 8.73. The summed E-state index contributed by atoms with van der Waals surface area (Å²) in [6.07, 6.45) is -12.0. The quantitative estimate of drug-likeness (QED) is 0.148. The molecule has 3 rings (SSSR count). The Morgan fingerprint density at radius 1 is 1.09 bits per heavy atom. The van der Waals surface area contributed by atoms with Gasteiger partial charge in [-0.1, -0.05) is 40.6 Å². The topological polar surface area (TPSA) is 234 Å². The van der Waals surface area contributed by atoms with Gasteiger partial charge in [0.25, 0.3) is 0 Å². The van der Waals surface area contributed by atoms with Gasteiger partial charge >= 0.3 is 0 Å². The molecule has 2 aliphatic rings. The zero-order chi connectivity index (χ0) is 25.7. The fourth-order valence-electron chi connectivity index (χ4n) is 4.54. The van der Waals surface area contributed by atoms with Gasteiger partial charge in [-0.3, -0.25) is 4.79 Å². The molecule has 0 spiro atoms. The predicted octanol–water partition coefficient (Wildman–Crippen LogP) is 0.572. The number of ether oxygens (including phenoxy) is 2. The van der Waals surface area contributed by atoms with Crippen LogP contribution in [0.2, 0.25) is 0 Å². The van der Waals surface area contributed by atoms with E-state index in [4.69, 9.17) is 20.5 Å². The van der Waals surface area contributed by atoms with Crippen LogP contribution in [0.1, 0.15) is 30.1 Å². The van der Waals surface area contributed by atoms with E-state index in [0.717, 1.165) is 0 Å². The number of nitrogens with zero attached hydrogens (tertiary/aromatic N) is 6. The first kappa shape index (κ1) is 26.8. The third kappa shape index (κ3) is 5.90. The van der Waals surface area contributed by atoms with Crippen LogP contribution in [-0.4, -0.2) is 92.4 Å². The smallest absolute Gasteiger partial charge is 0.169 e. The molecule has 0 aromatic heterocycles. The fraction of sp³-hybridized carbons (Fsp3) is 0.667. The molecule has 35 heavy (non-hydrogen) atoms. The number of carbonyl (C=O) groups is 1. The third-order valence-corrected chi connectivity index (χ3v) is 6.39. The highest BCUT2D eigenvalue weighted by Gasteiger charge is 2.51. The number of aliphatic hydroxyl groups is 5. The summed E-state index contributed by atoms with van der Waals surface area (Å²) >= 11 is 0. The number of rotatable bonds is 8. The Morgan fingerprint density at radius 2 is 1.74 bits per heavy atom. The Morgan fingerprint density at radius 3 is 2.34 bits per heavy atom. The van der Waals surface area contributed by atoms with E-state index in [1.807, 2.05) is 0 Å². The van der Waals surface area contributed by atoms with Crippen molar-refractivity contribution in [2.24, 2.45) is 16.1 Å². The summed E-state index contributed by atoms with van der Waals surface area (Å²) in [5.41, 5.74) is 18.4. The molecule has 1 saturated carbocycles. The summed E-state index contributed by atoms with van der Waals surface area (Å²) in [5, 5.41) is 59.2. The number of hydrogen-bond donors (Lipinski definition) is 5. The van der Waals surface area contributed by atoms with Gasteiger partial charge in [-0.25, -0.2) is 0 Å². The van der Waals surface area contributed by atoms with E-state index in [0.29, 0.717) is 5.56 Å². The Bertz CT molecular complexity index is 970. The van der Waals surface area contributed by atoms with Gasteiger partial charge in [0.1, 0.15) is 24.4 Å². The average Bonchev–Trinajstić information content (AvgIpc) is 2.84. The van der Waals surface area contributed by atoms with Gasteiger partial charge in [0.15, 0.2) is 12.1 Å². The molecule has 1 heterocycles. The van der Waals surface area contributed by atoms with E-state index in [-0.39, 0.29) is 18.6 Å². The van der Waals surface area contributed by atoms with Crippen molar-refractivity contribution in [1.29, 1.82) is 0 Å². The van der Waals surface area contributed by atoms with Crippen LogP contribution in [0, 0.1) is 5.92 Å². The first-order valence-electron chi connectivity index (χ1n) is 11.1. The van der Waals surface area contributed by atoms with Gasteiger partial charge in [-0.2, -0.15) is 0 Å². The van der Waals surface area contributed by atoms with Crippen LogP contribution in [0.15, 0.2) is 40.6 Å². The standard InChI is InChI=1S/C21H28N6O8/c1-9(28)19-18(33)16(31)14(25-27-23)21(34-19)35-20-12(24-26-22)7-11(15(30)17(20)32)8-13(29)10-5-3-2-4-6-10/h2-6,9,11-12,14-21,28,30-33H,7-8H2,1H3/t9-,11+,12?,14?,15?,16-,17+,18+,19?,20-,21-/m1/s1. The largest absolute Gasteiger partial charge is 0.391 e. The SMILES string of the molecule is C[C@@H](O)C1O[C@H](O[C@@H]2C(N=[N+]=[N-])C[C@@H](CC(=O)c3ccccc3)C(O)[C@@H]2O)C(N=[N+]=[N-])[C@@H](O)[C@@H]1O. The molecule has 2 fully saturated rings. The first-order valence-corrected chi connectivity index (χ1v) is 11.1. The fourth-order valence-corrected chi connectivity index (χ4v) is 4.54. The minimum atomic E-state index is -1.68. The Kier molecular flexibility index (Phi) is 9.03. The van der Waals surface area contributed by atoms with E-state index in [9.17, 15) is 30.3 Å². The van der Waals surface area contributed by atoms with Crippen molar-refractivity contribution < 1.29 is 39.8 Å². The third-order valence-electron chi connectivity index (χ3n) is 6.39. The molecule has 0 amide bonds. The van der Waals surface area contributed by atoms with Gasteiger partial charge in [0, 0.05) is 21.8 Å². The molecule has 190 valence electrons. The van der Waals surface area contributed by atoms with Gasteiger partial charge in [-0.15, -0.1) is 0 Å². The van der Waals surface area contributed by atoms with E-state index >= 15 is 0 Å².